The van der Waals surface area contributed by atoms with Gasteiger partial charge >= 0.3 is 29.6 Å². The minimum absolute atomic E-state index is 0. The van der Waals surface area contributed by atoms with Crippen LogP contribution in [0.4, 0.5) is 0 Å². The van der Waals surface area contributed by atoms with Gasteiger partial charge in [0.1, 0.15) is 0 Å². The third-order valence-electron chi connectivity index (χ3n) is 0. The zero-order valence-corrected chi connectivity index (χ0v) is 10.4. The maximum Gasteiger partial charge on any atom is 1.00 e. The molecule has 0 saturated carbocycles. The average Bonchev–Trinajstić information content (AvgIpc) is 0.722. The molecule has 0 aromatic carbocycles. The molecule has 0 amide bonds. The second-order valence-corrected chi connectivity index (χ2v) is 1.34. The van der Waals surface area contributed by atoms with Gasteiger partial charge < -0.3 is 19.2 Å². The molecule has 0 saturated heterocycles. The monoisotopic (exact) mass is 326 g/mol. The van der Waals surface area contributed by atoms with Crippen molar-refractivity contribution in [2.45, 2.75) is 0 Å². The van der Waals surface area contributed by atoms with Crippen LogP contribution in [0.15, 0.2) is 0 Å². The maximum absolute atomic E-state index is 8.55. The van der Waals surface area contributed by atoms with Crippen molar-refractivity contribution < 1.29 is 48.8 Å². The van der Waals surface area contributed by atoms with Crippen LogP contribution in [0.1, 0.15) is 0 Å². The topological polar surface area (TPSA) is 86.2 Å². The Morgan fingerprint density at radius 2 is 1.14 bits per heavy atom. The largest absolute Gasteiger partial charge is 1.00 e. The Kier molecular flexibility index (Phi) is 14.1. The van der Waals surface area contributed by atoms with Gasteiger partial charge in [-0.3, -0.25) is 0 Å². The van der Waals surface area contributed by atoms with Gasteiger partial charge in [0.05, 0.1) is 0 Å². The van der Waals surface area contributed by atoms with Crippen molar-refractivity contribution in [3.63, 3.8) is 0 Å². The first-order chi connectivity index (χ1) is 2.00. The van der Waals surface area contributed by atoms with Crippen LogP contribution in [0.2, 0.25) is 0 Å². The summed E-state index contributed by atoms with van der Waals surface area (Å²) in [6.07, 6.45) is 0. The molecule has 7 heteroatoms. The van der Waals surface area contributed by atoms with Crippen molar-refractivity contribution in [3.8, 4) is 0 Å². The summed E-state index contributed by atoms with van der Waals surface area (Å²) in [6, 6.07) is 0. The molecular formula is NaO4PPb-2. The molecule has 0 aliphatic carbocycles. The van der Waals surface area contributed by atoms with Crippen molar-refractivity contribution in [1.29, 1.82) is 0 Å². The fraction of sp³-hybridized carbons (Fsp3) is 0. The Bertz CT molecular complexity index is 57.8. The van der Waals surface area contributed by atoms with Gasteiger partial charge in [0.25, 0.3) is 0 Å². The van der Waals surface area contributed by atoms with Crippen LogP contribution in [0.25, 0.3) is 0 Å². The molecule has 7 heavy (non-hydrogen) atoms. The fourth-order valence-corrected chi connectivity index (χ4v) is 0. The minimum Gasteiger partial charge on any atom is -0.822 e. The first kappa shape index (κ1) is 16.0. The minimum atomic E-state index is -5.39. The van der Waals surface area contributed by atoms with Crippen LogP contribution in [0.3, 0.4) is 0 Å². The first-order valence-corrected chi connectivity index (χ1v) is 2.19. The van der Waals surface area contributed by atoms with Gasteiger partial charge in [0.15, 0.2) is 0 Å². The van der Waals surface area contributed by atoms with E-state index < -0.39 is 7.82 Å². The predicted molar refractivity (Wildman–Crippen MR) is 13.4 cm³/mol. The summed E-state index contributed by atoms with van der Waals surface area (Å²) in [4.78, 5) is 25.6. The van der Waals surface area contributed by atoms with Gasteiger partial charge in [-0.15, -0.1) is 0 Å². The maximum atomic E-state index is 8.55. The third kappa shape index (κ3) is 70.8. The van der Waals surface area contributed by atoms with Crippen LogP contribution in [-0.4, -0.2) is 27.3 Å². The summed E-state index contributed by atoms with van der Waals surface area (Å²) >= 11 is 0. The van der Waals surface area contributed by atoms with Gasteiger partial charge in [-0.05, 0) is 0 Å². The van der Waals surface area contributed by atoms with Gasteiger partial charge in [-0.1, -0.05) is 0 Å². The molecule has 0 heterocycles. The van der Waals surface area contributed by atoms with E-state index in [9.17, 15) is 0 Å². The second-order valence-electron chi connectivity index (χ2n) is 0.447. The SMILES string of the molecule is O=P([O-])([O-])[O-].[Na+].[Pb]. The fourth-order valence-electron chi connectivity index (χ4n) is 0. The predicted octanol–water partition coefficient (Wildman–Crippen LogP) is -6.20. The summed E-state index contributed by atoms with van der Waals surface area (Å²) < 4.78 is 8.55. The van der Waals surface area contributed by atoms with E-state index in [0.717, 1.165) is 0 Å². The normalized spacial score (nSPS) is 8.43. The molecule has 0 aliphatic rings. The van der Waals surface area contributed by atoms with Crippen LogP contribution in [0, 0.1) is 0 Å². The van der Waals surface area contributed by atoms with E-state index in [-0.39, 0.29) is 56.9 Å². The molecule has 0 fully saturated rings. The van der Waals surface area contributed by atoms with Gasteiger partial charge in [0.2, 0.25) is 0 Å². The molecule has 0 unspecified atom stereocenters. The Balaban J connectivity index is -0.0000000800. The standard InChI is InChI=1S/Na.H3O4P.Pb/c;1-5(2,3)4;/h;(H3,1,2,3,4);/q+1;;/p-3. The van der Waals surface area contributed by atoms with E-state index in [2.05, 4.69) is 0 Å². The van der Waals surface area contributed by atoms with E-state index in [0.29, 0.717) is 0 Å². The zero-order valence-electron chi connectivity index (χ0n) is 3.58. The van der Waals surface area contributed by atoms with E-state index in [1.54, 1.807) is 0 Å². The van der Waals surface area contributed by atoms with Crippen molar-refractivity contribution in [3.05, 3.63) is 0 Å². The van der Waals surface area contributed by atoms with E-state index in [1.165, 1.54) is 0 Å². The molecule has 0 aromatic rings. The molecule has 4 radical (unpaired) electrons. The van der Waals surface area contributed by atoms with Crippen LogP contribution >= 0.6 is 7.82 Å². The number of phosphoric acid groups is 1. The molecule has 4 nitrogen and oxygen atoms in total. The average molecular weight is 325 g/mol. The summed E-state index contributed by atoms with van der Waals surface area (Å²) in [5.41, 5.74) is 0. The van der Waals surface area contributed by atoms with Crippen LogP contribution < -0.4 is 44.2 Å². The summed E-state index contributed by atoms with van der Waals surface area (Å²) in [5.74, 6) is 0. The molecule has 36 valence electrons. The van der Waals surface area contributed by atoms with E-state index in [1.807, 2.05) is 0 Å². The van der Waals surface area contributed by atoms with E-state index in [4.69, 9.17) is 19.2 Å². The third-order valence-corrected chi connectivity index (χ3v) is 0. The van der Waals surface area contributed by atoms with Crippen molar-refractivity contribution >= 4 is 35.1 Å². The second kappa shape index (κ2) is 6.16. The molecule has 0 rings (SSSR count). The van der Waals surface area contributed by atoms with Crippen LogP contribution in [-0.2, 0) is 4.57 Å². The molecule has 0 atom stereocenters. The summed E-state index contributed by atoms with van der Waals surface area (Å²) in [6.45, 7) is 0. The Hall–Kier alpha value is 2.03. The number of hydrogen-bond acceptors (Lipinski definition) is 4. The molecule has 0 aliphatic heterocycles. The molecule has 0 bridgehead atoms. The van der Waals surface area contributed by atoms with Crippen LogP contribution in [0.5, 0.6) is 0 Å². The van der Waals surface area contributed by atoms with Crippen molar-refractivity contribution in [1.82, 2.24) is 0 Å². The molecule has 0 N–H and O–H groups in total. The number of hydrogen-bond donors (Lipinski definition) is 0. The Morgan fingerprint density at radius 3 is 1.14 bits per heavy atom. The molecular weight excluding hydrogens is 325 g/mol. The van der Waals surface area contributed by atoms with E-state index >= 15 is 0 Å². The van der Waals surface area contributed by atoms with Crippen molar-refractivity contribution in [2.24, 2.45) is 0 Å². The quantitative estimate of drug-likeness (QED) is 0.328. The summed E-state index contributed by atoms with van der Waals surface area (Å²) in [5, 5.41) is 0. The molecule has 0 spiro atoms. The smallest absolute Gasteiger partial charge is 0.822 e. The van der Waals surface area contributed by atoms with Gasteiger partial charge in [0, 0.05) is 27.3 Å². The Morgan fingerprint density at radius 1 is 1.14 bits per heavy atom. The van der Waals surface area contributed by atoms with Crippen molar-refractivity contribution in [2.75, 3.05) is 0 Å². The van der Waals surface area contributed by atoms with Gasteiger partial charge in [-0.25, -0.2) is 0 Å². The van der Waals surface area contributed by atoms with Gasteiger partial charge in [-0.2, -0.15) is 7.82 Å². The first-order valence-electron chi connectivity index (χ1n) is 0.730. The Labute approximate surface area is 83.0 Å². The zero-order chi connectivity index (χ0) is 4.50. The number of rotatable bonds is 0. The molecule has 0 aromatic heterocycles. The summed E-state index contributed by atoms with van der Waals surface area (Å²) in [7, 11) is -5.39.